The second kappa shape index (κ2) is 8.75. The van der Waals surface area contributed by atoms with Gasteiger partial charge in [-0.05, 0) is 13.3 Å². The molecule has 5 nitrogen and oxygen atoms in total. The summed E-state index contributed by atoms with van der Waals surface area (Å²) in [6.07, 6.45) is 0.478. The third-order valence-electron chi connectivity index (χ3n) is 2.36. The average Bonchev–Trinajstić information content (AvgIpc) is 2.27. The van der Waals surface area contributed by atoms with Crippen LogP contribution in [0.1, 0.15) is 13.3 Å². The van der Waals surface area contributed by atoms with Crippen LogP contribution in [0.3, 0.4) is 0 Å². The van der Waals surface area contributed by atoms with Crippen LogP contribution in [0.25, 0.3) is 0 Å². The van der Waals surface area contributed by atoms with Crippen molar-refractivity contribution in [2.24, 2.45) is 0 Å². The number of rotatable bonds is 5. The molecule has 1 heterocycles. The molecule has 2 unspecified atom stereocenters. The number of carbonyl (C=O) groups is 1. The van der Waals surface area contributed by atoms with Crippen molar-refractivity contribution < 1.29 is 14.3 Å². The number of hydrogen-bond donors (Lipinski definition) is 2. The highest BCUT2D eigenvalue weighted by atomic mass is 35.5. The van der Waals surface area contributed by atoms with Gasteiger partial charge in [-0.25, -0.2) is 0 Å². The fraction of sp³-hybridized carbons (Fsp3) is 0.900. The molecule has 1 aliphatic rings. The van der Waals surface area contributed by atoms with Gasteiger partial charge in [-0.1, -0.05) is 0 Å². The predicted octanol–water partition coefficient (Wildman–Crippen LogP) is -0.0622. The summed E-state index contributed by atoms with van der Waals surface area (Å²) in [4.78, 5) is 11.7. The van der Waals surface area contributed by atoms with Gasteiger partial charge in [0.1, 0.15) is 6.10 Å². The largest absolute Gasteiger partial charge is 0.385 e. The molecule has 16 heavy (non-hydrogen) atoms. The van der Waals surface area contributed by atoms with Crippen molar-refractivity contribution in [2.75, 3.05) is 33.4 Å². The summed E-state index contributed by atoms with van der Waals surface area (Å²) in [6.45, 7) is 4.65. The molecule has 0 saturated carbocycles. The van der Waals surface area contributed by atoms with E-state index in [2.05, 4.69) is 10.6 Å². The van der Waals surface area contributed by atoms with E-state index in [9.17, 15) is 4.79 Å². The van der Waals surface area contributed by atoms with Gasteiger partial charge >= 0.3 is 0 Å². The van der Waals surface area contributed by atoms with Gasteiger partial charge in [0.05, 0.1) is 6.61 Å². The van der Waals surface area contributed by atoms with Crippen molar-refractivity contribution in [2.45, 2.75) is 25.5 Å². The summed E-state index contributed by atoms with van der Waals surface area (Å²) < 4.78 is 10.3. The molecule has 1 saturated heterocycles. The zero-order valence-electron chi connectivity index (χ0n) is 9.82. The van der Waals surface area contributed by atoms with Crippen LogP contribution < -0.4 is 10.6 Å². The zero-order valence-corrected chi connectivity index (χ0v) is 10.6. The summed E-state index contributed by atoms with van der Waals surface area (Å²) in [6, 6.07) is 0.128. The summed E-state index contributed by atoms with van der Waals surface area (Å²) in [5.41, 5.74) is 0. The van der Waals surface area contributed by atoms with E-state index in [1.54, 1.807) is 7.11 Å². The fourth-order valence-electron chi connectivity index (χ4n) is 1.44. The van der Waals surface area contributed by atoms with Crippen molar-refractivity contribution in [3.63, 3.8) is 0 Å². The number of hydrogen-bond acceptors (Lipinski definition) is 4. The van der Waals surface area contributed by atoms with E-state index in [0.29, 0.717) is 19.8 Å². The predicted molar refractivity (Wildman–Crippen MR) is 64.0 cm³/mol. The minimum atomic E-state index is -0.344. The minimum absolute atomic E-state index is 0. The second-order valence-corrected chi connectivity index (χ2v) is 3.75. The number of halogens is 1. The highest BCUT2D eigenvalue weighted by Gasteiger charge is 2.22. The number of morpholine rings is 1. The van der Waals surface area contributed by atoms with E-state index in [1.165, 1.54) is 0 Å². The van der Waals surface area contributed by atoms with E-state index in [4.69, 9.17) is 9.47 Å². The van der Waals surface area contributed by atoms with Crippen molar-refractivity contribution >= 4 is 18.3 Å². The topological polar surface area (TPSA) is 59.6 Å². The Bertz CT molecular complexity index is 199. The first-order chi connectivity index (χ1) is 7.24. The Morgan fingerprint density at radius 2 is 2.44 bits per heavy atom. The van der Waals surface area contributed by atoms with Gasteiger partial charge < -0.3 is 20.1 Å². The molecule has 1 amide bonds. The van der Waals surface area contributed by atoms with Crippen molar-refractivity contribution in [1.82, 2.24) is 10.6 Å². The molecule has 0 aromatic heterocycles. The highest BCUT2D eigenvalue weighted by molar-refractivity contribution is 5.85. The van der Waals surface area contributed by atoms with Gasteiger partial charge in [0, 0.05) is 32.8 Å². The van der Waals surface area contributed by atoms with Gasteiger partial charge in [-0.3, -0.25) is 4.79 Å². The van der Waals surface area contributed by atoms with Crippen LogP contribution in [0.15, 0.2) is 0 Å². The molecule has 1 fully saturated rings. The first-order valence-corrected chi connectivity index (χ1v) is 5.35. The molecule has 1 rings (SSSR count). The number of ether oxygens (including phenoxy) is 2. The molecule has 0 aliphatic carbocycles. The van der Waals surface area contributed by atoms with Crippen molar-refractivity contribution in [3.05, 3.63) is 0 Å². The Balaban J connectivity index is 0.00000225. The number of amides is 1. The second-order valence-electron chi connectivity index (χ2n) is 3.75. The molecule has 96 valence electrons. The highest BCUT2D eigenvalue weighted by Crippen LogP contribution is 1.98. The van der Waals surface area contributed by atoms with Gasteiger partial charge in [-0.2, -0.15) is 0 Å². The lowest BCUT2D eigenvalue weighted by Gasteiger charge is -2.24. The molecule has 1 aliphatic heterocycles. The van der Waals surface area contributed by atoms with Crippen LogP contribution in [0, 0.1) is 0 Å². The van der Waals surface area contributed by atoms with E-state index < -0.39 is 0 Å². The number of nitrogens with one attached hydrogen (secondary N) is 2. The lowest BCUT2D eigenvalue weighted by molar-refractivity contribution is -0.134. The molecule has 0 radical (unpaired) electrons. The summed E-state index contributed by atoms with van der Waals surface area (Å²) >= 11 is 0. The standard InChI is InChI=1S/C10H20N2O3.ClH/c1-8(3-5-14-2)12-10(13)9-7-11-4-6-15-9;/h8-9,11H,3-7H2,1-2H3,(H,12,13);1H. The lowest BCUT2D eigenvalue weighted by Crippen LogP contribution is -2.49. The molecular weight excluding hydrogens is 232 g/mol. The summed E-state index contributed by atoms with van der Waals surface area (Å²) in [5.74, 6) is -0.0363. The Kier molecular flexibility index (Phi) is 8.56. The Morgan fingerprint density at radius 3 is 3.00 bits per heavy atom. The van der Waals surface area contributed by atoms with E-state index in [-0.39, 0.29) is 30.5 Å². The smallest absolute Gasteiger partial charge is 0.250 e. The Hall–Kier alpha value is -0.360. The van der Waals surface area contributed by atoms with Crippen LogP contribution in [0.5, 0.6) is 0 Å². The maximum Gasteiger partial charge on any atom is 0.250 e. The van der Waals surface area contributed by atoms with Crippen LogP contribution in [-0.2, 0) is 14.3 Å². The monoisotopic (exact) mass is 252 g/mol. The normalized spacial score (nSPS) is 22.0. The van der Waals surface area contributed by atoms with E-state index >= 15 is 0 Å². The van der Waals surface area contributed by atoms with Gasteiger partial charge in [-0.15, -0.1) is 12.4 Å². The van der Waals surface area contributed by atoms with Gasteiger partial charge in [0.25, 0.3) is 5.91 Å². The van der Waals surface area contributed by atoms with Gasteiger partial charge in [0.15, 0.2) is 0 Å². The first kappa shape index (κ1) is 15.6. The Labute approximate surface area is 103 Å². The van der Waals surface area contributed by atoms with E-state index in [0.717, 1.165) is 13.0 Å². The Morgan fingerprint density at radius 1 is 1.69 bits per heavy atom. The van der Waals surface area contributed by atoms with Crippen LogP contribution in [-0.4, -0.2) is 51.5 Å². The molecule has 6 heteroatoms. The fourth-order valence-corrected chi connectivity index (χ4v) is 1.44. The van der Waals surface area contributed by atoms with Gasteiger partial charge in [0.2, 0.25) is 0 Å². The van der Waals surface area contributed by atoms with Crippen molar-refractivity contribution in [3.8, 4) is 0 Å². The number of methoxy groups -OCH3 is 1. The summed E-state index contributed by atoms with van der Waals surface area (Å²) in [7, 11) is 1.66. The molecule has 2 N–H and O–H groups in total. The third-order valence-corrected chi connectivity index (χ3v) is 2.36. The number of carbonyl (C=O) groups excluding carboxylic acids is 1. The summed E-state index contributed by atoms with van der Waals surface area (Å²) in [5, 5.41) is 6.02. The molecular formula is C10H21ClN2O3. The van der Waals surface area contributed by atoms with E-state index in [1.807, 2.05) is 6.92 Å². The van der Waals surface area contributed by atoms with Crippen LogP contribution >= 0.6 is 12.4 Å². The zero-order chi connectivity index (χ0) is 11.1. The average molecular weight is 253 g/mol. The molecule has 0 aromatic carbocycles. The lowest BCUT2D eigenvalue weighted by atomic mass is 10.2. The third kappa shape index (κ3) is 5.65. The van der Waals surface area contributed by atoms with Crippen LogP contribution in [0.4, 0.5) is 0 Å². The maximum atomic E-state index is 11.7. The van der Waals surface area contributed by atoms with Crippen LogP contribution in [0.2, 0.25) is 0 Å². The molecule has 0 spiro atoms. The van der Waals surface area contributed by atoms with Crippen molar-refractivity contribution in [1.29, 1.82) is 0 Å². The SMILES string of the molecule is COCCC(C)NC(=O)C1CNCCO1.Cl. The molecule has 0 aromatic rings. The quantitative estimate of drug-likeness (QED) is 0.720. The molecule has 0 bridgehead atoms. The first-order valence-electron chi connectivity index (χ1n) is 5.35. The minimum Gasteiger partial charge on any atom is -0.385 e. The molecule has 2 atom stereocenters. The maximum absolute atomic E-state index is 11.7.